The highest BCUT2D eigenvalue weighted by molar-refractivity contribution is 5.90. The van der Waals surface area contributed by atoms with Crippen molar-refractivity contribution in [3.63, 3.8) is 0 Å². The number of carbonyl (C=O) groups excluding carboxylic acids is 1. The molecule has 4 rings (SSSR count). The van der Waals surface area contributed by atoms with Crippen molar-refractivity contribution in [2.24, 2.45) is 0 Å². The van der Waals surface area contributed by atoms with Crippen LogP contribution in [-0.2, 0) is 4.74 Å². The zero-order valence-electron chi connectivity index (χ0n) is 13.6. The van der Waals surface area contributed by atoms with E-state index in [0.29, 0.717) is 35.7 Å². The summed E-state index contributed by atoms with van der Waals surface area (Å²) < 4.78 is 24.6. The smallest absolute Gasteiger partial charge is 0.414 e. The molecule has 132 valence electrons. The topological polar surface area (TPSA) is 80.5 Å². The number of halogens is 1. The molecule has 0 saturated carbocycles. The Hall–Kier alpha value is -3.42. The molecule has 1 saturated heterocycles. The molecule has 0 radical (unpaired) electrons. The number of anilines is 2. The Morgan fingerprint density at radius 1 is 1.31 bits per heavy atom. The minimum Gasteiger partial charge on any atom is -0.442 e. The second-order valence-corrected chi connectivity index (χ2v) is 5.79. The van der Waals surface area contributed by atoms with Gasteiger partial charge in [-0.3, -0.25) is 9.88 Å². The van der Waals surface area contributed by atoms with Gasteiger partial charge in [0, 0.05) is 29.6 Å². The van der Waals surface area contributed by atoms with Gasteiger partial charge < -0.3 is 14.6 Å². The normalized spacial score (nSPS) is 16.6. The Bertz CT molecular complexity index is 902. The maximum Gasteiger partial charge on any atom is 0.414 e. The summed E-state index contributed by atoms with van der Waals surface area (Å²) in [5, 5.41) is 6.74. The summed E-state index contributed by atoms with van der Waals surface area (Å²) in [5.74, 6) is 0.138. The van der Waals surface area contributed by atoms with E-state index in [1.54, 1.807) is 42.7 Å². The molecule has 1 amide bonds. The summed E-state index contributed by atoms with van der Waals surface area (Å²) in [5.41, 5.74) is 1.55. The highest BCUT2D eigenvalue weighted by atomic mass is 19.1. The van der Waals surface area contributed by atoms with E-state index in [0.717, 1.165) is 0 Å². The Labute approximate surface area is 148 Å². The molecular weight excluding hydrogens is 339 g/mol. The average molecular weight is 354 g/mol. The summed E-state index contributed by atoms with van der Waals surface area (Å²) >= 11 is 0. The highest BCUT2D eigenvalue weighted by Crippen LogP contribution is 2.28. The summed E-state index contributed by atoms with van der Waals surface area (Å²) in [4.78, 5) is 17.5. The van der Waals surface area contributed by atoms with Crippen LogP contribution in [0.3, 0.4) is 0 Å². The van der Waals surface area contributed by atoms with Gasteiger partial charge in [0.05, 0.1) is 18.8 Å². The van der Waals surface area contributed by atoms with Gasteiger partial charge in [0.25, 0.3) is 0 Å². The van der Waals surface area contributed by atoms with Crippen LogP contribution < -0.4 is 10.2 Å². The van der Waals surface area contributed by atoms with Gasteiger partial charge in [0.1, 0.15) is 18.2 Å². The van der Waals surface area contributed by atoms with Crippen LogP contribution in [0, 0.1) is 5.82 Å². The van der Waals surface area contributed by atoms with Crippen LogP contribution in [0.5, 0.6) is 0 Å². The summed E-state index contributed by atoms with van der Waals surface area (Å²) in [6, 6.07) is 9.85. The molecule has 2 aromatic heterocycles. The van der Waals surface area contributed by atoms with Crippen molar-refractivity contribution in [3.8, 4) is 11.1 Å². The van der Waals surface area contributed by atoms with Gasteiger partial charge in [0.2, 0.25) is 0 Å². The SMILES string of the molecule is O=C1OC(CNc2ccon2)CN1c1ccc(-c2cccnc2)c(F)c1. The molecule has 1 fully saturated rings. The standard InChI is InChI=1S/C18H15FN4O3/c19-16-8-13(3-4-15(16)12-2-1-6-20-9-12)23-11-14(26-18(23)24)10-21-17-5-7-25-22-17/h1-9,14H,10-11H2,(H,21,22). The van der Waals surface area contributed by atoms with Crippen LogP contribution in [0.25, 0.3) is 11.1 Å². The Morgan fingerprint density at radius 3 is 2.96 bits per heavy atom. The van der Waals surface area contributed by atoms with Crippen molar-refractivity contribution in [1.82, 2.24) is 10.1 Å². The maximum absolute atomic E-state index is 14.5. The third kappa shape index (κ3) is 3.21. The van der Waals surface area contributed by atoms with Crippen molar-refractivity contribution in [1.29, 1.82) is 0 Å². The molecule has 3 aromatic rings. The number of hydrogen-bond donors (Lipinski definition) is 1. The van der Waals surface area contributed by atoms with E-state index in [1.807, 2.05) is 0 Å². The van der Waals surface area contributed by atoms with E-state index in [1.165, 1.54) is 17.2 Å². The molecule has 0 aliphatic carbocycles. The number of benzene rings is 1. The molecule has 1 atom stereocenters. The second kappa shape index (κ2) is 6.83. The van der Waals surface area contributed by atoms with E-state index in [2.05, 4.69) is 15.5 Å². The molecule has 1 aromatic carbocycles. The predicted octanol–water partition coefficient (Wildman–Crippen LogP) is 3.31. The molecule has 1 aliphatic heterocycles. The minimum absolute atomic E-state index is 0.315. The number of rotatable bonds is 5. The number of cyclic esters (lactones) is 1. The minimum atomic E-state index is -0.509. The number of aromatic nitrogens is 2. The van der Waals surface area contributed by atoms with Gasteiger partial charge in [-0.05, 0) is 24.3 Å². The second-order valence-electron chi connectivity index (χ2n) is 5.79. The molecule has 3 heterocycles. The molecule has 1 N–H and O–H groups in total. The molecule has 26 heavy (non-hydrogen) atoms. The highest BCUT2D eigenvalue weighted by Gasteiger charge is 2.32. The van der Waals surface area contributed by atoms with Crippen LogP contribution in [0.2, 0.25) is 0 Å². The van der Waals surface area contributed by atoms with Gasteiger partial charge >= 0.3 is 6.09 Å². The fourth-order valence-electron chi connectivity index (χ4n) is 2.79. The number of nitrogens with zero attached hydrogens (tertiary/aromatic N) is 3. The lowest BCUT2D eigenvalue weighted by molar-refractivity contribution is 0.147. The molecule has 1 unspecified atom stereocenters. The number of hydrogen-bond acceptors (Lipinski definition) is 6. The third-order valence-electron chi connectivity index (χ3n) is 4.06. The fourth-order valence-corrected chi connectivity index (χ4v) is 2.79. The molecule has 0 spiro atoms. The van der Waals surface area contributed by atoms with Crippen LogP contribution in [0.4, 0.5) is 20.7 Å². The van der Waals surface area contributed by atoms with Crippen molar-refractivity contribution in [2.45, 2.75) is 6.10 Å². The van der Waals surface area contributed by atoms with Gasteiger partial charge in [-0.15, -0.1) is 0 Å². The van der Waals surface area contributed by atoms with Crippen molar-refractivity contribution >= 4 is 17.6 Å². The number of ether oxygens (including phenoxy) is 1. The van der Waals surface area contributed by atoms with Crippen molar-refractivity contribution in [2.75, 3.05) is 23.3 Å². The first-order valence-corrected chi connectivity index (χ1v) is 8.03. The molecular formula is C18H15FN4O3. The van der Waals surface area contributed by atoms with Crippen LogP contribution in [-0.4, -0.2) is 35.4 Å². The molecule has 7 nitrogen and oxygen atoms in total. The molecule has 0 bridgehead atoms. The van der Waals surface area contributed by atoms with Crippen LogP contribution in [0.15, 0.2) is 59.6 Å². The van der Waals surface area contributed by atoms with E-state index in [-0.39, 0.29) is 6.10 Å². The lowest BCUT2D eigenvalue weighted by atomic mass is 10.1. The Balaban J connectivity index is 1.47. The zero-order valence-corrected chi connectivity index (χ0v) is 13.6. The lowest BCUT2D eigenvalue weighted by Gasteiger charge is -2.14. The maximum atomic E-state index is 14.5. The summed E-state index contributed by atoms with van der Waals surface area (Å²) in [7, 11) is 0. The fraction of sp³-hybridized carbons (Fsp3) is 0.167. The lowest BCUT2D eigenvalue weighted by Crippen LogP contribution is -2.27. The van der Waals surface area contributed by atoms with Crippen molar-refractivity contribution in [3.05, 3.63) is 60.9 Å². The third-order valence-corrected chi connectivity index (χ3v) is 4.06. The zero-order chi connectivity index (χ0) is 17.9. The van der Waals surface area contributed by atoms with E-state index in [9.17, 15) is 9.18 Å². The predicted molar refractivity (Wildman–Crippen MR) is 92.2 cm³/mol. The number of pyridine rings is 1. The van der Waals surface area contributed by atoms with Gasteiger partial charge in [-0.25, -0.2) is 9.18 Å². The summed E-state index contributed by atoms with van der Waals surface area (Å²) in [6.45, 7) is 0.695. The average Bonchev–Trinajstić information content (AvgIpc) is 3.30. The van der Waals surface area contributed by atoms with Gasteiger partial charge in [-0.1, -0.05) is 11.2 Å². The summed E-state index contributed by atoms with van der Waals surface area (Å²) in [6.07, 6.45) is 3.78. The molecule has 1 aliphatic rings. The Morgan fingerprint density at radius 2 is 2.23 bits per heavy atom. The van der Waals surface area contributed by atoms with Gasteiger partial charge in [-0.2, -0.15) is 0 Å². The van der Waals surface area contributed by atoms with E-state index >= 15 is 0 Å². The van der Waals surface area contributed by atoms with E-state index in [4.69, 9.17) is 9.26 Å². The first-order valence-electron chi connectivity index (χ1n) is 8.03. The quantitative estimate of drug-likeness (QED) is 0.757. The first-order chi connectivity index (χ1) is 12.7. The van der Waals surface area contributed by atoms with E-state index < -0.39 is 11.9 Å². The molecule has 8 heteroatoms. The number of nitrogens with one attached hydrogen (secondary N) is 1. The van der Waals surface area contributed by atoms with Crippen LogP contribution in [0.1, 0.15) is 0 Å². The first kappa shape index (κ1) is 16.1. The monoisotopic (exact) mass is 354 g/mol. The number of carbonyl (C=O) groups is 1. The Kier molecular flexibility index (Phi) is 4.22. The number of amides is 1. The van der Waals surface area contributed by atoms with Crippen molar-refractivity contribution < 1.29 is 18.4 Å². The largest absolute Gasteiger partial charge is 0.442 e. The van der Waals surface area contributed by atoms with Gasteiger partial charge in [0.15, 0.2) is 5.82 Å². The van der Waals surface area contributed by atoms with Crippen LogP contribution >= 0.6 is 0 Å².